The van der Waals surface area contributed by atoms with Crippen LogP contribution < -0.4 is 14.2 Å². The first-order valence-electron chi connectivity index (χ1n) is 6.05. The van der Waals surface area contributed by atoms with Gasteiger partial charge in [0, 0.05) is 6.42 Å². The quantitative estimate of drug-likeness (QED) is 0.802. The van der Waals surface area contributed by atoms with E-state index in [1.807, 2.05) is 0 Å². The molecule has 1 atom stereocenters. The first-order chi connectivity index (χ1) is 9.17. The summed E-state index contributed by atoms with van der Waals surface area (Å²) >= 11 is 0. The van der Waals surface area contributed by atoms with Crippen molar-refractivity contribution in [2.24, 2.45) is 0 Å². The molecule has 1 unspecified atom stereocenters. The third kappa shape index (κ3) is 3.80. The Morgan fingerprint density at radius 3 is 2.11 bits per heavy atom. The maximum Gasteiger partial charge on any atom is 0.203 e. The Labute approximate surface area is 114 Å². The third-order valence-corrected chi connectivity index (χ3v) is 2.79. The van der Waals surface area contributed by atoms with Crippen LogP contribution in [0.4, 0.5) is 0 Å². The van der Waals surface area contributed by atoms with Crippen LogP contribution in [0.5, 0.6) is 17.2 Å². The minimum atomic E-state index is -0.602. The molecular formula is C15H20O4. The number of benzene rings is 1. The molecule has 19 heavy (non-hydrogen) atoms. The Morgan fingerprint density at radius 1 is 1.11 bits per heavy atom. The molecule has 1 aromatic rings. The van der Waals surface area contributed by atoms with Gasteiger partial charge in [0.05, 0.1) is 27.4 Å². The molecule has 1 aromatic carbocycles. The molecule has 0 aliphatic heterocycles. The van der Waals surface area contributed by atoms with Crippen molar-refractivity contribution >= 4 is 0 Å². The fourth-order valence-electron chi connectivity index (χ4n) is 1.79. The van der Waals surface area contributed by atoms with Gasteiger partial charge < -0.3 is 19.3 Å². The van der Waals surface area contributed by atoms with Gasteiger partial charge in [-0.05, 0) is 31.0 Å². The van der Waals surface area contributed by atoms with Crippen LogP contribution in [-0.2, 0) is 0 Å². The molecule has 0 radical (unpaired) electrons. The van der Waals surface area contributed by atoms with Crippen molar-refractivity contribution in [1.29, 1.82) is 0 Å². The third-order valence-electron chi connectivity index (χ3n) is 2.79. The minimum absolute atomic E-state index is 0.522. The van der Waals surface area contributed by atoms with Crippen molar-refractivity contribution in [3.63, 3.8) is 0 Å². The maximum absolute atomic E-state index is 10.1. The van der Waals surface area contributed by atoms with Crippen LogP contribution >= 0.6 is 0 Å². The molecule has 4 nitrogen and oxygen atoms in total. The van der Waals surface area contributed by atoms with Crippen molar-refractivity contribution in [3.8, 4) is 29.1 Å². The van der Waals surface area contributed by atoms with Gasteiger partial charge in [0.2, 0.25) is 5.75 Å². The average molecular weight is 264 g/mol. The molecule has 1 rings (SSSR count). The lowest BCUT2D eigenvalue weighted by molar-refractivity contribution is 0.168. The van der Waals surface area contributed by atoms with Crippen LogP contribution in [0.1, 0.15) is 31.4 Å². The van der Waals surface area contributed by atoms with E-state index in [0.29, 0.717) is 30.1 Å². The number of aliphatic hydroxyl groups excluding tert-OH is 1. The van der Waals surface area contributed by atoms with Crippen LogP contribution in [0.3, 0.4) is 0 Å². The fourth-order valence-corrected chi connectivity index (χ4v) is 1.79. The van der Waals surface area contributed by atoms with E-state index < -0.39 is 6.10 Å². The Morgan fingerprint density at radius 2 is 1.68 bits per heavy atom. The van der Waals surface area contributed by atoms with E-state index in [2.05, 4.69) is 11.8 Å². The fraction of sp³-hybridized carbons (Fsp3) is 0.467. The summed E-state index contributed by atoms with van der Waals surface area (Å²) in [5.74, 6) is 7.34. The van der Waals surface area contributed by atoms with E-state index in [1.165, 1.54) is 0 Å². The van der Waals surface area contributed by atoms with Gasteiger partial charge in [-0.1, -0.05) is 0 Å². The normalized spacial score (nSPS) is 11.2. The highest BCUT2D eigenvalue weighted by atomic mass is 16.5. The van der Waals surface area contributed by atoms with E-state index in [9.17, 15) is 5.11 Å². The predicted molar refractivity (Wildman–Crippen MR) is 73.7 cm³/mol. The molecule has 0 aliphatic rings. The van der Waals surface area contributed by atoms with Crippen LogP contribution in [0.15, 0.2) is 12.1 Å². The topological polar surface area (TPSA) is 47.9 Å². The molecular weight excluding hydrogens is 244 g/mol. The van der Waals surface area contributed by atoms with Crippen LogP contribution in [-0.4, -0.2) is 26.4 Å². The minimum Gasteiger partial charge on any atom is -0.493 e. The second kappa shape index (κ2) is 7.55. The summed E-state index contributed by atoms with van der Waals surface area (Å²) in [6.07, 6.45) is 0.614. The largest absolute Gasteiger partial charge is 0.493 e. The van der Waals surface area contributed by atoms with Gasteiger partial charge >= 0.3 is 0 Å². The number of ether oxygens (including phenoxy) is 3. The molecule has 0 bridgehead atoms. The molecule has 0 aromatic heterocycles. The highest BCUT2D eigenvalue weighted by Crippen LogP contribution is 2.40. The van der Waals surface area contributed by atoms with Crippen molar-refractivity contribution < 1.29 is 19.3 Å². The summed E-state index contributed by atoms with van der Waals surface area (Å²) < 4.78 is 15.7. The summed E-state index contributed by atoms with van der Waals surface area (Å²) in [5.41, 5.74) is 0.729. The van der Waals surface area contributed by atoms with Gasteiger partial charge in [0.15, 0.2) is 11.5 Å². The number of hydrogen-bond donors (Lipinski definition) is 1. The van der Waals surface area contributed by atoms with Crippen molar-refractivity contribution in [2.45, 2.75) is 25.9 Å². The summed E-state index contributed by atoms with van der Waals surface area (Å²) in [5, 5.41) is 10.1. The van der Waals surface area contributed by atoms with Gasteiger partial charge in [0.25, 0.3) is 0 Å². The van der Waals surface area contributed by atoms with Crippen LogP contribution in [0, 0.1) is 11.8 Å². The van der Waals surface area contributed by atoms with Crippen molar-refractivity contribution in [1.82, 2.24) is 0 Å². The molecule has 0 saturated heterocycles. The zero-order valence-electron chi connectivity index (χ0n) is 11.8. The lowest BCUT2D eigenvalue weighted by Gasteiger charge is -2.16. The number of aliphatic hydroxyl groups is 1. The van der Waals surface area contributed by atoms with Crippen LogP contribution in [0.2, 0.25) is 0 Å². The molecule has 1 N–H and O–H groups in total. The van der Waals surface area contributed by atoms with E-state index in [-0.39, 0.29) is 0 Å². The van der Waals surface area contributed by atoms with E-state index >= 15 is 0 Å². The average Bonchev–Trinajstić information content (AvgIpc) is 2.45. The second-order valence-electron chi connectivity index (χ2n) is 3.94. The summed E-state index contributed by atoms with van der Waals surface area (Å²) in [7, 11) is 4.65. The summed E-state index contributed by atoms with van der Waals surface area (Å²) in [4.78, 5) is 0. The first kappa shape index (κ1) is 15.2. The Bertz CT molecular complexity index is 446. The van der Waals surface area contributed by atoms with Gasteiger partial charge in [-0.2, -0.15) is 0 Å². The zero-order chi connectivity index (χ0) is 14.3. The Kier molecular flexibility index (Phi) is 6.04. The number of rotatable bonds is 6. The second-order valence-corrected chi connectivity index (χ2v) is 3.94. The van der Waals surface area contributed by atoms with E-state index in [4.69, 9.17) is 14.2 Å². The molecule has 0 aliphatic carbocycles. The zero-order valence-corrected chi connectivity index (χ0v) is 11.8. The molecule has 0 saturated carbocycles. The SMILES string of the molecule is CC#CCCC(O)c1cc(OC)c(OC)c(OC)c1. The molecule has 104 valence electrons. The van der Waals surface area contributed by atoms with Gasteiger partial charge in [-0.25, -0.2) is 0 Å². The van der Waals surface area contributed by atoms with E-state index in [0.717, 1.165) is 5.56 Å². The summed E-state index contributed by atoms with van der Waals surface area (Å²) in [6.45, 7) is 1.78. The molecule has 0 amide bonds. The van der Waals surface area contributed by atoms with Crippen molar-refractivity contribution in [3.05, 3.63) is 17.7 Å². The van der Waals surface area contributed by atoms with Crippen LogP contribution in [0.25, 0.3) is 0 Å². The number of hydrogen-bond acceptors (Lipinski definition) is 4. The predicted octanol–water partition coefficient (Wildman–Crippen LogP) is 2.55. The highest BCUT2D eigenvalue weighted by Gasteiger charge is 2.16. The van der Waals surface area contributed by atoms with E-state index in [1.54, 1.807) is 40.4 Å². The van der Waals surface area contributed by atoms with Gasteiger partial charge in [0.1, 0.15) is 0 Å². The number of methoxy groups -OCH3 is 3. The summed E-state index contributed by atoms with van der Waals surface area (Å²) in [6, 6.07) is 3.51. The Hall–Kier alpha value is -1.86. The highest BCUT2D eigenvalue weighted by molar-refractivity contribution is 5.54. The monoisotopic (exact) mass is 264 g/mol. The molecule has 0 heterocycles. The molecule has 4 heteroatoms. The van der Waals surface area contributed by atoms with Gasteiger partial charge in [-0.3, -0.25) is 0 Å². The smallest absolute Gasteiger partial charge is 0.203 e. The molecule has 0 fully saturated rings. The first-order valence-corrected chi connectivity index (χ1v) is 6.05. The van der Waals surface area contributed by atoms with Gasteiger partial charge in [-0.15, -0.1) is 11.8 Å². The van der Waals surface area contributed by atoms with Crippen molar-refractivity contribution in [2.75, 3.05) is 21.3 Å². The lowest BCUT2D eigenvalue weighted by Crippen LogP contribution is -2.01. The Balaban J connectivity index is 3.03. The standard InChI is InChI=1S/C15H20O4/c1-5-6-7-8-12(16)11-9-13(17-2)15(19-4)14(10-11)18-3/h9-10,12,16H,7-8H2,1-4H3. The maximum atomic E-state index is 10.1. The molecule has 0 spiro atoms. The lowest BCUT2D eigenvalue weighted by atomic mass is 10.0.